The first-order valence-corrected chi connectivity index (χ1v) is 9.64. The molecule has 2 rings (SSSR count). The maximum absolute atomic E-state index is 15.3. The molecule has 2 aliphatic rings. The molecule has 0 aliphatic carbocycles. The van der Waals surface area contributed by atoms with E-state index in [9.17, 15) is 4.79 Å². The van der Waals surface area contributed by atoms with Gasteiger partial charge >= 0.3 is 0 Å². The number of carbonyl (C=O) groups excluding carboxylic acids is 1. The third-order valence-electron chi connectivity index (χ3n) is 5.42. The summed E-state index contributed by atoms with van der Waals surface area (Å²) in [7, 11) is 0. The average Bonchev–Trinajstić information content (AvgIpc) is 2.49. The second-order valence-corrected chi connectivity index (χ2v) is 8.60. The van der Waals surface area contributed by atoms with Crippen molar-refractivity contribution < 1.29 is 9.18 Å². The van der Waals surface area contributed by atoms with Gasteiger partial charge in [0.1, 0.15) is 5.67 Å². The van der Waals surface area contributed by atoms with Crippen LogP contribution in [-0.4, -0.2) is 78.1 Å². The highest BCUT2D eigenvalue weighted by Gasteiger charge is 2.39. The lowest BCUT2D eigenvalue weighted by Crippen LogP contribution is -2.57. The Bertz CT molecular complexity index is 419. The topological polar surface area (TPSA) is 26.8 Å². The van der Waals surface area contributed by atoms with Crippen LogP contribution in [0.2, 0.25) is 0 Å². The molecule has 1 atom stereocenters. The van der Waals surface area contributed by atoms with Gasteiger partial charge in [-0.2, -0.15) is 0 Å². The molecule has 0 aromatic carbocycles. The number of piperazine rings is 1. The summed E-state index contributed by atoms with van der Waals surface area (Å²) in [6.07, 6.45) is 0.953. The Morgan fingerprint density at radius 3 is 2.25 bits per heavy atom. The van der Waals surface area contributed by atoms with Gasteiger partial charge in [0, 0.05) is 70.6 Å². The van der Waals surface area contributed by atoms with Crippen molar-refractivity contribution in [2.45, 2.75) is 59.2 Å². The highest BCUT2D eigenvalue weighted by molar-refractivity contribution is 5.78. The molecule has 0 N–H and O–H groups in total. The highest BCUT2D eigenvalue weighted by Crippen LogP contribution is 2.29. The minimum Gasteiger partial charge on any atom is -0.342 e. The van der Waals surface area contributed by atoms with Gasteiger partial charge in [-0.05, 0) is 12.8 Å². The van der Waals surface area contributed by atoms with Gasteiger partial charge in [-0.15, -0.1) is 0 Å². The van der Waals surface area contributed by atoms with Gasteiger partial charge in [-0.1, -0.05) is 27.7 Å². The van der Waals surface area contributed by atoms with Crippen molar-refractivity contribution in [1.29, 1.82) is 0 Å². The molecule has 1 amide bonds. The van der Waals surface area contributed by atoms with Gasteiger partial charge in [0.25, 0.3) is 0 Å². The first kappa shape index (κ1) is 19.6. The van der Waals surface area contributed by atoms with Crippen molar-refractivity contribution in [3.63, 3.8) is 0 Å². The number of nitrogens with zero attached hydrogens (tertiary/aromatic N) is 3. The van der Waals surface area contributed by atoms with E-state index in [-0.39, 0.29) is 11.8 Å². The van der Waals surface area contributed by atoms with Crippen LogP contribution in [0.4, 0.5) is 4.39 Å². The molecule has 0 spiro atoms. The van der Waals surface area contributed by atoms with Gasteiger partial charge in [0.05, 0.1) is 0 Å². The zero-order valence-corrected chi connectivity index (χ0v) is 16.2. The molecule has 4 nitrogen and oxygen atoms in total. The van der Waals surface area contributed by atoms with Gasteiger partial charge in [0.15, 0.2) is 0 Å². The second-order valence-electron chi connectivity index (χ2n) is 8.60. The number of alkyl halides is 1. The van der Waals surface area contributed by atoms with Crippen LogP contribution in [0.25, 0.3) is 0 Å². The van der Waals surface area contributed by atoms with E-state index < -0.39 is 5.67 Å². The van der Waals surface area contributed by atoms with Crippen LogP contribution >= 0.6 is 0 Å². The summed E-state index contributed by atoms with van der Waals surface area (Å²) in [5, 5.41) is 0. The standard InChI is InChI=1S/C19H36FN3O/c1-15(2)12-21-10-11-23(17(5)13-21)14-19(20)6-8-22(9-7-19)18(24)16(3)4/h15-17H,6-14H2,1-5H3. The number of carbonyl (C=O) groups is 1. The highest BCUT2D eigenvalue weighted by atomic mass is 19.1. The van der Waals surface area contributed by atoms with E-state index in [1.807, 2.05) is 18.7 Å². The van der Waals surface area contributed by atoms with Crippen molar-refractivity contribution in [2.24, 2.45) is 11.8 Å². The monoisotopic (exact) mass is 341 g/mol. The number of hydrogen-bond donors (Lipinski definition) is 0. The first-order valence-electron chi connectivity index (χ1n) is 9.64. The number of halogens is 1. The Kier molecular flexibility index (Phi) is 6.66. The molecular weight excluding hydrogens is 305 g/mol. The van der Waals surface area contributed by atoms with E-state index in [1.54, 1.807) is 0 Å². The van der Waals surface area contributed by atoms with Crippen LogP contribution in [-0.2, 0) is 4.79 Å². The lowest BCUT2D eigenvalue weighted by molar-refractivity contribution is -0.137. The smallest absolute Gasteiger partial charge is 0.225 e. The van der Waals surface area contributed by atoms with Crippen molar-refractivity contribution in [3.05, 3.63) is 0 Å². The normalized spacial score (nSPS) is 26.3. The molecule has 1 unspecified atom stereocenters. The van der Waals surface area contributed by atoms with Crippen molar-refractivity contribution in [3.8, 4) is 0 Å². The van der Waals surface area contributed by atoms with Crippen LogP contribution in [0.3, 0.4) is 0 Å². The minimum atomic E-state index is -1.14. The molecule has 0 bridgehead atoms. The molecule has 2 fully saturated rings. The number of amides is 1. The predicted molar refractivity (Wildman–Crippen MR) is 96.8 cm³/mol. The van der Waals surface area contributed by atoms with E-state index in [0.29, 0.717) is 44.4 Å². The Hall–Kier alpha value is -0.680. The molecule has 140 valence electrons. The van der Waals surface area contributed by atoms with E-state index in [4.69, 9.17) is 0 Å². The van der Waals surface area contributed by atoms with Crippen LogP contribution < -0.4 is 0 Å². The number of likely N-dealkylation sites (tertiary alicyclic amines) is 1. The summed E-state index contributed by atoms with van der Waals surface area (Å²) in [6, 6.07) is 0.403. The summed E-state index contributed by atoms with van der Waals surface area (Å²) in [6.45, 7) is 16.4. The predicted octanol–water partition coefficient (Wildman–Crippen LogP) is 2.64. The zero-order valence-electron chi connectivity index (χ0n) is 16.2. The third-order valence-corrected chi connectivity index (χ3v) is 5.42. The Labute approximate surface area is 147 Å². The number of rotatable bonds is 5. The molecule has 0 aromatic heterocycles. The fourth-order valence-corrected chi connectivity index (χ4v) is 4.00. The van der Waals surface area contributed by atoms with Gasteiger partial charge < -0.3 is 9.80 Å². The molecule has 24 heavy (non-hydrogen) atoms. The molecule has 2 aliphatic heterocycles. The van der Waals surface area contributed by atoms with E-state index in [2.05, 4.69) is 30.6 Å². The Morgan fingerprint density at radius 1 is 1.12 bits per heavy atom. The SMILES string of the molecule is CC(C)CN1CCN(CC2(F)CCN(C(=O)C(C)C)CC2)C(C)C1. The van der Waals surface area contributed by atoms with E-state index in [0.717, 1.165) is 26.2 Å². The lowest BCUT2D eigenvalue weighted by Gasteiger charge is -2.45. The van der Waals surface area contributed by atoms with Gasteiger partial charge in [-0.25, -0.2) is 4.39 Å². The summed E-state index contributed by atoms with van der Waals surface area (Å²) in [4.78, 5) is 18.7. The molecule has 0 aromatic rings. The van der Waals surface area contributed by atoms with Crippen LogP contribution in [0, 0.1) is 11.8 Å². The largest absolute Gasteiger partial charge is 0.342 e. The van der Waals surface area contributed by atoms with Crippen molar-refractivity contribution in [1.82, 2.24) is 14.7 Å². The second kappa shape index (κ2) is 8.13. The summed E-state index contributed by atoms with van der Waals surface area (Å²) in [5.41, 5.74) is -1.14. The molecule has 0 radical (unpaired) electrons. The summed E-state index contributed by atoms with van der Waals surface area (Å²) < 4.78 is 15.3. The van der Waals surface area contributed by atoms with E-state index >= 15 is 4.39 Å². The Morgan fingerprint density at radius 2 is 1.75 bits per heavy atom. The maximum Gasteiger partial charge on any atom is 0.225 e. The first-order chi connectivity index (χ1) is 11.2. The number of piperidine rings is 1. The van der Waals surface area contributed by atoms with Gasteiger partial charge in [-0.3, -0.25) is 9.69 Å². The van der Waals surface area contributed by atoms with Gasteiger partial charge in [0.2, 0.25) is 5.91 Å². The third kappa shape index (κ3) is 5.16. The zero-order chi connectivity index (χ0) is 17.9. The lowest BCUT2D eigenvalue weighted by atomic mass is 9.91. The van der Waals surface area contributed by atoms with Crippen molar-refractivity contribution >= 4 is 5.91 Å². The molecule has 2 saturated heterocycles. The quantitative estimate of drug-likeness (QED) is 0.769. The Balaban J connectivity index is 1.82. The summed E-state index contributed by atoms with van der Waals surface area (Å²) >= 11 is 0. The minimum absolute atomic E-state index is 0.00571. The van der Waals surface area contributed by atoms with E-state index in [1.165, 1.54) is 0 Å². The van der Waals surface area contributed by atoms with Crippen molar-refractivity contribution in [2.75, 3.05) is 45.8 Å². The van der Waals surface area contributed by atoms with Crippen LogP contribution in [0.5, 0.6) is 0 Å². The molecule has 0 saturated carbocycles. The van der Waals surface area contributed by atoms with Crippen LogP contribution in [0.15, 0.2) is 0 Å². The average molecular weight is 342 g/mol. The maximum atomic E-state index is 15.3. The van der Waals surface area contributed by atoms with Crippen LogP contribution in [0.1, 0.15) is 47.5 Å². The fourth-order valence-electron chi connectivity index (χ4n) is 4.00. The number of hydrogen-bond acceptors (Lipinski definition) is 3. The molecular formula is C19H36FN3O. The fraction of sp³-hybridized carbons (Fsp3) is 0.947. The molecule has 2 heterocycles. The molecule has 5 heteroatoms. The summed E-state index contributed by atoms with van der Waals surface area (Å²) in [5.74, 6) is 0.845.